The molecule has 0 spiro atoms. The number of aliphatic carboxylic acids is 3. The lowest BCUT2D eigenvalue weighted by molar-refractivity contribution is -0.143. The predicted molar refractivity (Wildman–Crippen MR) is 412 cm³/mol. The van der Waals surface area contributed by atoms with Crippen molar-refractivity contribution in [3.63, 3.8) is 0 Å². The van der Waals surface area contributed by atoms with Gasteiger partial charge >= 0.3 is 17.9 Å². The highest BCUT2D eigenvalue weighted by atomic mass is 32.2. The van der Waals surface area contributed by atoms with Gasteiger partial charge in [0.2, 0.25) is 76.8 Å². The first kappa shape index (κ1) is 96.4. The number of rotatable bonds is 34. The summed E-state index contributed by atoms with van der Waals surface area (Å²) in [5.41, 5.74) is 17.8. The van der Waals surface area contributed by atoms with Crippen LogP contribution in [0.4, 0.5) is 35.1 Å². The Balaban J connectivity index is 1.30. The number of halogens is 8. The molecule has 0 saturated carbocycles. The highest BCUT2D eigenvalue weighted by Crippen LogP contribution is 2.43. The van der Waals surface area contributed by atoms with Crippen LogP contribution in [0, 0.1) is 46.5 Å². The van der Waals surface area contributed by atoms with Crippen LogP contribution in [0.2, 0.25) is 0 Å². The Hall–Kier alpha value is -12.7. The summed E-state index contributed by atoms with van der Waals surface area (Å²) in [6.45, 7) is -1.38. The first-order valence-corrected chi connectivity index (χ1v) is 39.2. The number of phenols is 2. The summed E-state index contributed by atoms with van der Waals surface area (Å²) >= 11 is -0.736. The molecule has 9 rings (SSSR count). The average molecular weight is 1760 g/mol. The Morgan fingerprint density at radius 1 is 0.516 bits per heavy atom. The number of aromatic hydroxyl groups is 2. The van der Waals surface area contributed by atoms with Crippen molar-refractivity contribution < 1.29 is 137 Å². The van der Waals surface area contributed by atoms with Gasteiger partial charge in [-0.15, -0.1) is 23.5 Å². The Labute approximate surface area is 695 Å². The number of nitrogens with zero attached hydrogens (tertiary/aromatic N) is 1. The van der Waals surface area contributed by atoms with Crippen molar-refractivity contribution in [2.24, 2.45) is 22.9 Å². The second-order valence-corrected chi connectivity index (χ2v) is 30.0. The van der Waals surface area contributed by atoms with Gasteiger partial charge in [-0.25, -0.2) is 39.9 Å². The SMILES string of the molecule is NCCCC[C@@H]1NC(=O)[C@H](Cc2ccc(O)cc2)NC(=O)[C@@H](NC(=O)[C@@H]2CCCN2C(=O)[C@H](CC(N)=O)NC(=O)[C@H](CCC(=O)O)NC(=O)[C@H](Cc2ccc(O)cc2)NC(=O)CNC(=O)[C@@H](N)CC(N)=O)CSc2c(F)c(F)c(c(F)c2F)-c2c(F)c(F)c(c(F)c2F)SC[C@@H](C(=O)N[C@@H](CCC(=O)O)C(=O)O)NC(=O)[C@H](Cc2ccccc2)NC1=O. The summed E-state index contributed by atoms with van der Waals surface area (Å²) in [5, 5.41) is 71.7. The van der Waals surface area contributed by atoms with Crippen LogP contribution in [0.3, 0.4) is 0 Å². The van der Waals surface area contributed by atoms with Gasteiger partial charge in [0.15, 0.2) is 46.5 Å². The number of hydrogen-bond acceptors (Lipinski definition) is 22. The van der Waals surface area contributed by atoms with E-state index < -0.39 is 317 Å². The Bertz CT molecular complexity index is 4730. The van der Waals surface area contributed by atoms with E-state index in [1.54, 1.807) is 0 Å². The second-order valence-electron chi connectivity index (χ2n) is 27.9. The van der Waals surface area contributed by atoms with Crippen molar-refractivity contribution in [1.29, 1.82) is 0 Å². The molecule has 4 aliphatic rings. The quantitative estimate of drug-likeness (QED) is 0.0137. The summed E-state index contributed by atoms with van der Waals surface area (Å²) in [7, 11) is 0. The molecule has 0 radical (unpaired) electrons. The summed E-state index contributed by atoms with van der Waals surface area (Å²) in [4.78, 5) is 216. The number of primary amides is 2. The number of nitrogens with two attached hydrogens (primary N) is 4. The molecule has 36 nitrogen and oxygen atoms in total. The molecule has 4 heterocycles. The summed E-state index contributed by atoms with van der Waals surface area (Å²) in [6, 6.07) is -4.78. The van der Waals surface area contributed by atoms with Gasteiger partial charge in [0.25, 0.3) is 0 Å². The van der Waals surface area contributed by atoms with Crippen molar-refractivity contribution in [1.82, 2.24) is 58.1 Å². The van der Waals surface area contributed by atoms with E-state index in [2.05, 4.69) is 47.9 Å². The number of thioether (sulfide) groups is 2. The van der Waals surface area contributed by atoms with Crippen molar-refractivity contribution in [3.05, 3.63) is 142 Å². The average Bonchev–Trinajstić information content (AvgIpc) is 0.755. The molecule has 0 unspecified atom stereocenters. The van der Waals surface area contributed by atoms with E-state index in [9.17, 15) is 92.7 Å². The zero-order valence-electron chi connectivity index (χ0n) is 64.2. The lowest BCUT2D eigenvalue weighted by atomic mass is 10.0. The highest BCUT2D eigenvalue weighted by molar-refractivity contribution is 7.99. The van der Waals surface area contributed by atoms with Gasteiger partial charge in [-0.1, -0.05) is 54.6 Å². The fourth-order valence-corrected chi connectivity index (χ4v) is 14.6. The number of carboxylic acids is 3. The number of phenolic OH excluding ortho intramolecular Hbond substituents is 2. The van der Waals surface area contributed by atoms with Crippen LogP contribution in [-0.4, -0.2) is 223 Å². The molecule has 11 atom stereocenters. The highest BCUT2D eigenvalue weighted by Gasteiger charge is 2.44. The number of carbonyl (C=O) groups excluding carboxylic acids is 13. The van der Waals surface area contributed by atoms with Crippen molar-refractivity contribution in [3.8, 4) is 22.6 Å². The van der Waals surface area contributed by atoms with E-state index in [1.807, 2.05) is 5.32 Å². The molecule has 5 aromatic rings. The molecule has 122 heavy (non-hydrogen) atoms. The minimum absolute atomic E-state index is 0.0121. The van der Waals surface area contributed by atoms with Crippen LogP contribution in [0.15, 0.2) is 88.7 Å². The maximum Gasteiger partial charge on any atom is 0.326 e. The van der Waals surface area contributed by atoms with Crippen LogP contribution >= 0.6 is 23.5 Å². The molecular formula is C76H85F8N15O21S2. The number of benzene rings is 5. The minimum atomic E-state index is -2.77. The fourth-order valence-electron chi connectivity index (χ4n) is 12.6. The van der Waals surface area contributed by atoms with Crippen molar-refractivity contribution in [2.45, 2.75) is 166 Å². The zero-order chi connectivity index (χ0) is 90.1. The minimum Gasteiger partial charge on any atom is -0.508 e. The molecule has 658 valence electrons. The third-order valence-electron chi connectivity index (χ3n) is 18.9. The van der Waals surface area contributed by atoms with Crippen molar-refractivity contribution >= 4 is 118 Å². The summed E-state index contributed by atoms with van der Waals surface area (Å²) in [6.07, 6.45) is -7.70. The Morgan fingerprint density at radius 2 is 0.992 bits per heavy atom. The molecule has 13 amide bonds. The van der Waals surface area contributed by atoms with Gasteiger partial charge in [0.05, 0.1) is 46.3 Å². The van der Waals surface area contributed by atoms with Crippen LogP contribution in [0.5, 0.6) is 11.5 Å². The van der Waals surface area contributed by atoms with E-state index in [1.165, 1.54) is 66.7 Å². The summed E-state index contributed by atoms with van der Waals surface area (Å²) in [5.74, 6) is -46.5. The van der Waals surface area contributed by atoms with Gasteiger partial charge in [-0.2, -0.15) is 0 Å². The maximum absolute atomic E-state index is 16.7. The molecule has 4 bridgehead atoms. The number of carbonyl (C=O) groups is 16. The van der Waals surface area contributed by atoms with Gasteiger partial charge in [0.1, 0.15) is 71.9 Å². The molecule has 0 aliphatic carbocycles. The maximum atomic E-state index is 16.7. The van der Waals surface area contributed by atoms with Crippen LogP contribution in [0.25, 0.3) is 11.1 Å². The third kappa shape index (κ3) is 27.1. The van der Waals surface area contributed by atoms with Crippen molar-refractivity contribution in [2.75, 3.05) is 31.1 Å². The Kier molecular flexibility index (Phi) is 35.6. The number of fused-ring (bicyclic) bond motifs is 2. The molecule has 1 saturated heterocycles. The zero-order valence-corrected chi connectivity index (χ0v) is 65.8. The van der Waals surface area contributed by atoms with Gasteiger partial charge < -0.3 is 107 Å². The largest absolute Gasteiger partial charge is 0.508 e. The third-order valence-corrected chi connectivity index (χ3v) is 21.2. The number of likely N-dealkylation sites (tertiary alicyclic amines) is 1. The van der Waals surface area contributed by atoms with Crippen LogP contribution < -0.4 is 76.1 Å². The Morgan fingerprint density at radius 3 is 1.52 bits per heavy atom. The molecule has 4 aliphatic heterocycles. The molecule has 46 heteroatoms. The van der Waals surface area contributed by atoms with E-state index in [0.29, 0.717) is 4.90 Å². The predicted octanol–water partition coefficient (Wildman–Crippen LogP) is -0.705. The fraction of sp³-hybridized carbons (Fsp3) is 0.395. The van der Waals surface area contributed by atoms with Gasteiger partial charge in [0, 0.05) is 50.2 Å². The molecule has 0 aromatic heterocycles. The second kappa shape index (κ2) is 45.1. The van der Waals surface area contributed by atoms with Crippen LogP contribution in [-0.2, 0) is 96.0 Å². The van der Waals surface area contributed by atoms with Crippen LogP contribution in [0.1, 0.15) is 87.3 Å². The number of unbranched alkanes of at least 4 members (excludes halogenated alkanes) is 1. The number of nitrogens with one attached hydrogen (secondary N) is 10. The van der Waals surface area contributed by atoms with E-state index >= 15 is 44.7 Å². The molecular weight excluding hydrogens is 1680 g/mol. The van der Waals surface area contributed by atoms with Gasteiger partial charge in [-0.3, -0.25) is 71.9 Å². The van der Waals surface area contributed by atoms with Gasteiger partial charge in [-0.05, 0) is 92.4 Å². The first-order chi connectivity index (χ1) is 57.7. The first-order valence-electron chi connectivity index (χ1n) is 37.2. The normalized spacial score (nSPS) is 18.4. The molecule has 1 fully saturated rings. The molecule has 5 aromatic carbocycles. The number of hydrogen-bond donors (Lipinski definition) is 19. The number of amides is 13. The smallest absolute Gasteiger partial charge is 0.326 e. The lowest BCUT2D eigenvalue weighted by Gasteiger charge is -2.31. The lowest BCUT2D eigenvalue weighted by Crippen LogP contribution is -2.61. The van der Waals surface area contributed by atoms with E-state index in [-0.39, 0.29) is 83.9 Å². The topological polar surface area (TPSA) is 602 Å². The molecule has 23 N–H and O–H groups in total. The summed E-state index contributed by atoms with van der Waals surface area (Å²) < 4.78 is 133. The van der Waals surface area contributed by atoms with E-state index in [0.717, 1.165) is 12.1 Å². The van der Waals surface area contributed by atoms with E-state index in [4.69, 9.17) is 22.9 Å². The standard InChI is InChI=1S/C76H85F8N15O21S2/c77-56-54-55-58(79)62(83)65(63(84)59(55)80)122-32-47(98-74(117)48-10-6-24-99(48)75(118)45(29-50(88)103)96-68(111)40(19-21-52(105)106)92-69(112)42(26-34-11-15-36(100)16-12-34)90-51(104)30-89-66(109)38(86)28-49(87)102)73(116)95-44(27-35-13-17-37(101)18-14-35)70(113)91-39(9-4-5-23-85)67(110)94-43(25-33-7-2-1-3-8-33)71(114)97-46(31-121-64(60(56)81)61(82)57(54)78)72(115)93-41(76(119)120)20-22-53(107)108/h1-3,7-8,11-18,38-48,100-101H,4-6,9-10,19-32,85-86H2,(H2,87,102)(H2,88,103)(H,89,109)(H,90,104)(H,91,113)(H,92,112)(H,93,115)(H,94,110)(H,95,116)(H,96,111)(H,97,114)(H,98,117)(H,105,106)(H,107,108)(H,119,120)/t38-,39-,40-,41-,42-,43-,44-,45-,46-,47-,48-/m0/s1. The monoisotopic (exact) mass is 1760 g/mol. The number of carboxylic acid groups (broad SMARTS) is 3.